The topological polar surface area (TPSA) is 0 Å². The molecule has 0 radical (unpaired) electrons. The summed E-state index contributed by atoms with van der Waals surface area (Å²) in [6, 6.07) is 33.8. The van der Waals surface area contributed by atoms with Gasteiger partial charge in [0.05, 0.1) is 0 Å². The van der Waals surface area contributed by atoms with E-state index in [1.165, 1.54) is 184 Å². The van der Waals surface area contributed by atoms with E-state index >= 15 is 13.2 Å². The SMILES string of the molecule is Cl.Cl.[CH3][Zr](=[SiH2])([CH2]CC(F)(F)F)([CH]1C(CC2CCCC2)=Cc2c(-c3ccc(C45CC6CC(CC(C6)C4)C5)cc3)cccc21)[CH]1C(CC2CCCC2)=Cc2c(-c3ccc(C45CC6CC(CC(C6)C4)C5)cc3)cccc21. The van der Waals surface area contributed by atoms with Gasteiger partial charge in [-0.2, -0.15) is 0 Å². The zero-order chi connectivity index (χ0) is 47.9. The molecule has 10 saturated carbocycles. The number of fused-ring (bicyclic) bond motifs is 2. The molecular weight excluding hydrogens is 1040 g/mol. The standard InChI is InChI=1S/2C31H35.C3H4F3.CH3.2ClH.H2Si.Zr/c2*1-2-5-21(4-1)12-22-16-27-6-3-7-29(30(27)17-22)26-8-10-28(11-9-26)31-18-23-13-24(19-31)15-25(14-23)20-31;1-2-3(4,5)6;;;;;/h2*3,6-11,16-17,21,23-25H,1-2,4-5,12-15,18-20H2;1-2H2;1H3;2*1H;1H2;. The molecule has 8 bridgehead atoms. The minimum absolute atomic E-state index is 0. The number of hydrogen-bond donors (Lipinski definition) is 0. The maximum absolute atomic E-state index is 15.3. The van der Waals surface area contributed by atoms with Crippen molar-refractivity contribution in [3.63, 3.8) is 0 Å². The van der Waals surface area contributed by atoms with Crippen LogP contribution in [0.4, 0.5) is 13.2 Å². The summed E-state index contributed by atoms with van der Waals surface area (Å²) in [4.78, 5) is 0. The normalized spacial score (nSPS) is 33.1. The number of benzene rings is 4. The van der Waals surface area contributed by atoms with Gasteiger partial charge in [-0.3, -0.25) is 0 Å². The zero-order valence-corrected chi connectivity index (χ0v) is 49.1. The van der Waals surface area contributed by atoms with E-state index in [1.54, 1.807) is 11.1 Å². The summed E-state index contributed by atoms with van der Waals surface area (Å²) >= 11 is -4.86. The van der Waals surface area contributed by atoms with Gasteiger partial charge in [0.15, 0.2) is 0 Å². The van der Waals surface area contributed by atoms with Gasteiger partial charge in [-0.1, -0.05) is 0 Å². The van der Waals surface area contributed by atoms with Gasteiger partial charge in [-0.15, -0.1) is 24.8 Å². The van der Waals surface area contributed by atoms with Crippen molar-refractivity contribution in [1.29, 1.82) is 0 Å². The monoisotopic (exact) mass is 1120 g/mol. The van der Waals surface area contributed by atoms with E-state index in [0.717, 1.165) is 48.3 Å². The van der Waals surface area contributed by atoms with Crippen molar-refractivity contribution >= 4 is 43.8 Å². The average Bonchev–Trinajstić information content (AvgIpc) is 4.18. The molecule has 0 aliphatic heterocycles. The third-order valence-corrected chi connectivity index (χ3v) is 45.7. The van der Waals surface area contributed by atoms with E-state index in [1.807, 2.05) is 0 Å². The van der Waals surface area contributed by atoms with Crippen LogP contribution >= 0.6 is 24.8 Å². The fourth-order valence-electron chi connectivity index (χ4n) is 20.8. The molecule has 73 heavy (non-hydrogen) atoms. The van der Waals surface area contributed by atoms with Crippen LogP contribution in [0.2, 0.25) is 8.76 Å². The van der Waals surface area contributed by atoms with Gasteiger partial charge in [-0.05, 0) is 0 Å². The Morgan fingerprint density at radius 1 is 0.507 bits per heavy atom. The maximum atomic E-state index is 15.3. The fraction of sp³-hybridized carbons (Fsp3) is 0.576. The van der Waals surface area contributed by atoms with Crippen molar-refractivity contribution in [1.82, 2.24) is 0 Å². The molecule has 12 aliphatic carbocycles. The Morgan fingerprint density at radius 2 is 0.849 bits per heavy atom. The summed E-state index contributed by atoms with van der Waals surface area (Å²) in [5.41, 5.74) is 17.3. The Labute approximate surface area is 450 Å². The molecule has 0 saturated heterocycles. The molecule has 2 unspecified atom stereocenters. The third kappa shape index (κ3) is 8.92. The third-order valence-electron chi connectivity index (χ3n) is 22.8. The predicted octanol–water partition coefficient (Wildman–Crippen LogP) is 19.2. The first kappa shape index (κ1) is 51.6. The van der Waals surface area contributed by atoms with Crippen molar-refractivity contribution in [3.8, 4) is 22.3 Å². The van der Waals surface area contributed by atoms with Crippen LogP contribution in [-0.4, -0.2) is 13.1 Å². The van der Waals surface area contributed by atoms with Crippen LogP contribution in [0.25, 0.3) is 34.4 Å². The number of hydrogen-bond acceptors (Lipinski definition) is 0. The van der Waals surface area contributed by atoms with E-state index in [9.17, 15) is 0 Å². The Morgan fingerprint density at radius 3 is 1.18 bits per heavy atom. The summed E-state index contributed by atoms with van der Waals surface area (Å²) in [5.74, 6) is 6.69. The van der Waals surface area contributed by atoms with Gasteiger partial charge in [0.25, 0.3) is 0 Å². The van der Waals surface area contributed by atoms with Gasteiger partial charge in [-0.25, -0.2) is 0 Å². The second-order valence-electron chi connectivity index (χ2n) is 27.8. The van der Waals surface area contributed by atoms with Crippen molar-refractivity contribution in [3.05, 3.63) is 129 Å². The Hall–Kier alpha value is -2.17. The molecular formula is C66H81Cl2F3SiZr. The summed E-state index contributed by atoms with van der Waals surface area (Å²) in [6.07, 6.45) is 29.3. The second kappa shape index (κ2) is 19.0. The molecule has 10 fully saturated rings. The van der Waals surface area contributed by atoms with Gasteiger partial charge >= 0.3 is 429 Å². The number of alkyl halides is 3. The van der Waals surface area contributed by atoms with Crippen LogP contribution in [0.5, 0.6) is 0 Å². The molecule has 0 N–H and O–H groups in total. The van der Waals surface area contributed by atoms with E-state index in [-0.39, 0.29) is 32.1 Å². The van der Waals surface area contributed by atoms with Gasteiger partial charge < -0.3 is 0 Å². The summed E-state index contributed by atoms with van der Waals surface area (Å²) in [5, 5.41) is 0. The number of halogens is 5. The average molecular weight is 1120 g/mol. The van der Waals surface area contributed by atoms with Crippen molar-refractivity contribution in [2.45, 2.75) is 181 Å². The molecule has 12 aliphatic rings. The van der Waals surface area contributed by atoms with E-state index < -0.39 is 30.0 Å². The first-order chi connectivity index (χ1) is 34.3. The van der Waals surface area contributed by atoms with Crippen LogP contribution < -0.4 is 0 Å². The summed E-state index contributed by atoms with van der Waals surface area (Å²) < 4.78 is 48.9. The van der Waals surface area contributed by atoms with Crippen LogP contribution in [0, 0.1) is 47.3 Å². The second-order valence-corrected chi connectivity index (χ2v) is 56.2. The molecule has 0 nitrogen and oxygen atoms in total. The predicted molar refractivity (Wildman–Crippen MR) is 302 cm³/mol. The first-order valence-electron chi connectivity index (χ1n) is 29.3. The van der Waals surface area contributed by atoms with Crippen LogP contribution in [0.1, 0.15) is 188 Å². The molecule has 16 rings (SSSR count). The van der Waals surface area contributed by atoms with Crippen molar-refractivity contribution in [2.75, 3.05) is 0 Å². The molecule has 0 spiro atoms. The fourth-order valence-corrected chi connectivity index (χ4v) is 44.5. The van der Waals surface area contributed by atoms with E-state index in [0.29, 0.717) is 26.8 Å². The zero-order valence-electron chi connectivity index (χ0n) is 43.6. The van der Waals surface area contributed by atoms with Gasteiger partial charge in [0.2, 0.25) is 0 Å². The summed E-state index contributed by atoms with van der Waals surface area (Å²) in [6.45, 7) is 2.21. The van der Waals surface area contributed by atoms with Crippen molar-refractivity contribution in [2.24, 2.45) is 47.3 Å². The molecule has 0 heterocycles. The Bertz CT molecular complexity index is 2630. The molecule has 4 aromatic carbocycles. The van der Waals surface area contributed by atoms with E-state index in [4.69, 9.17) is 0 Å². The minimum atomic E-state index is -4.86. The van der Waals surface area contributed by atoms with Crippen molar-refractivity contribution < 1.29 is 30.6 Å². The Balaban J connectivity index is 0.00000271. The molecule has 2 atom stereocenters. The van der Waals surface area contributed by atoms with Crippen LogP contribution in [0.15, 0.2) is 96.1 Å². The molecule has 388 valence electrons. The number of rotatable bonds is 12. The molecule has 0 amide bonds. The van der Waals surface area contributed by atoms with Crippen LogP contribution in [0.3, 0.4) is 0 Å². The molecule has 7 heteroatoms. The Kier molecular flexibility index (Phi) is 13.5. The van der Waals surface area contributed by atoms with E-state index in [2.05, 4.69) is 109 Å². The molecule has 4 aromatic rings. The van der Waals surface area contributed by atoms with Gasteiger partial charge in [0, 0.05) is 0 Å². The first-order valence-corrected chi connectivity index (χ1v) is 42.2. The number of allylic oxidation sites excluding steroid dienone is 2. The van der Waals surface area contributed by atoms with Crippen LogP contribution in [-0.2, 0) is 28.2 Å². The quantitative estimate of drug-likeness (QED) is 0.124. The summed E-state index contributed by atoms with van der Waals surface area (Å²) in [7, 11) is 0. The van der Waals surface area contributed by atoms with Gasteiger partial charge in [0.1, 0.15) is 0 Å². The molecule has 0 aromatic heterocycles.